The number of hydrogen-bond acceptors (Lipinski definition) is 3. The molecular weight excluding hydrogens is 303 g/mol. The van der Waals surface area contributed by atoms with Crippen molar-refractivity contribution in [3.8, 4) is 0 Å². The lowest BCUT2D eigenvalue weighted by Crippen LogP contribution is -2.11. The highest BCUT2D eigenvalue weighted by molar-refractivity contribution is 7.90. The molecule has 0 heterocycles. The van der Waals surface area contributed by atoms with E-state index in [1.54, 1.807) is 0 Å². The number of halogens is 4. The normalized spacial score (nSPS) is 12.5. The summed E-state index contributed by atoms with van der Waals surface area (Å²) in [4.78, 5) is 0. The van der Waals surface area contributed by atoms with Gasteiger partial charge in [0.05, 0.1) is 11.3 Å². The predicted molar refractivity (Wildman–Crippen MR) is 69.3 cm³/mol. The Morgan fingerprint density at radius 2 is 1.89 bits per heavy atom. The lowest BCUT2D eigenvalue weighted by molar-refractivity contribution is -0.137. The average Bonchev–Trinajstić information content (AvgIpc) is 2.21. The number of alkyl halides is 3. The average molecular weight is 316 g/mol. The first-order valence-electron chi connectivity index (χ1n) is 5.37. The van der Waals surface area contributed by atoms with Crippen LogP contribution in [0.3, 0.4) is 0 Å². The zero-order valence-electron chi connectivity index (χ0n) is 10.1. The van der Waals surface area contributed by atoms with Crippen LogP contribution >= 0.6 is 11.6 Å². The fourth-order valence-electron chi connectivity index (χ4n) is 1.42. The Kier molecular flexibility index (Phi) is 5.09. The molecule has 0 aromatic heterocycles. The molecule has 0 aliphatic carbocycles. The maximum Gasteiger partial charge on any atom is 0.416 e. The van der Waals surface area contributed by atoms with Gasteiger partial charge in [-0.1, -0.05) is 11.6 Å². The summed E-state index contributed by atoms with van der Waals surface area (Å²) >= 11 is 5.61. The third-order valence-electron chi connectivity index (χ3n) is 2.25. The first kappa shape index (κ1) is 16.1. The molecule has 0 saturated heterocycles. The van der Waals surface area contributed by atoms with Gasteiger partial charge in [-0.05, 0) is 24.6 Å². The minimum Gasteiger partial charge on any atom is -0.385 e. The van der Waals surface area contributed by atoms with Crippen molar-refractivity contribution < 1.29 is 21.6 Å². The Hall–Kier alpha value is -0.950. The fraction of sp³-hybridized carbons (Fsp3) is 0.455. The monoisotopic (exact) mass is 315 g/mol. The molecule has 19 heavy (non-hydrogen) atoms. The van der Waals surface area contributed by atoms with E-state index in [9.17, 15) is 21.6 Å². The number of hydrogen-bond donors (Lipinski definition) is 1. The fourth-order valence-corrected chi connectivity index (χ4v) is 2.33. The van der Waals surface area contributed by atoms with E-state index in [2.05, 4.69) is 5.32 Å². The lowest BCUT2D eigenvalue weighted by Gasteiger charge is -2.11. The van der Waals surface area contributed by atoms with E-state index in [4.69, 9.17) is 11.6 Å². The molecule has 1 rings (SSSR count). The van der Waals surface area contributed by atoms with E-state index < -0.39 is 21.6 Å². The van der Waals surface area contributed by atoms with Gasteiger partial charge in [0, 0.05) is 23.5 Å². The van der Waals surface area contributed by atoms with Crippen LogP contribution in [-0.2, 0) is 16.0 Å². The Labute approximate surface area is 114 Å². The molecule has 3 nitrogen and oxygen atoms in total. The summed E-state index contributed by atoms with van der Waals surface area (Å²) in [5, 5.41) is 2.69. The highest BCUT2D eigenvalue weighted by atomic mass is 35.5. The summed E-state index contributed by atoms with van der Waals surface area (Å²) < 4.78 is 59.3. The third kappa shape index (κ3) is 6.15. The van der Waals surface area contributed by atoms with Crippen LogP contribution in [0.4, 0.5) is 18.9 Å². The first-order chi connectivity index (χ1) is 8.58. The summed E-state index contributed by atoms with van der Waals surface area (Å²) in [6.45, 7) is 0.255. The minimum atomic E-state index is -4.46. The molecule has 8 heteroatoms. The Bertz CT molecular complexity index is 543. The standard InChI is InChI=1S/C11H13ClF3NO2S/c1-19(17,18)4-2-3-16-10-6-8(11(13,14)15)5-9(12)7-10/h5-7,16H,2-4H2,1H3. The van der Waals surface area contributed by atoms with E-state index in [0.717, 1.165) is 18.4 Å². The molecule has 0 bridgehead atoms. The molecular formula is C11H13ClF3NO2S. The zero-order chi connectivity index (χ0) is 14.7. The van der Waals surface area contributed by atoms with Gasteiger partial charge in [0.1, 0.15) is 9.84 Å². The SMILES string of the molecule is CS(=O)(=O)CCCNc1cc(Cl)cc(C(F)(F)F)c1. The third-order valence-corrected chi connectivity index (χ3v) is 3.49. The smallest absolute Gasteiger partial charge is 0.385 e. The van der Waals surface area contributed by atoms with Gasteiger partial charge < -0.3 is 5.32 Å². The van der Waals surface area contributed by atoms with Crippen LogP contribution in [0.5, 0.6) is 0 Å². The highest BCUT2D eigenvalue weighted by Gasteiger charge is 2.31. The van der Waals surface area contributed by atoms with Gasteiger partial charge in [-0.25, -0.2) is 8.42 Å². The van der Waals surface area contributed by atoms with Crippen LogP contribution in [0.25, 0.3) is 0 Å². The van der Waals surface area contributed by atoms with Crippen molar-refractivity contribution in [2.24, 2.45) is 0 Å². The molecule has 0 saturated carbocycles. The van der Waals surface area contributed by atoms with Crippen LogP contribution in [-0.4, -0.2) is 27.0 Å². The number of sulfone groups is 1. The Balaban J connectivity index is 2.67. The topological polar surface area (TPSA) is 46.2 Å². The van der Waals surface area contributed by atoms with Crippen molar-refractivity contribution in [2.75, 3.05) is 23.9 Å². The largest absolute Gasteiger partial charge is 0.416 e. The second kappa shape index (κ2) is 6.00. The molecule has 0 radical (unpaired) electrons. The van der Waals surface area contributed by atoms with Gasteiger partial charge in [-0.15, -0.1) is 0 Å². The molecule has 0 aliphatic rings. The zero-order valence-corrected chi connectivity index (χ0v) is 11.7. The number of anilines is 1. The Morgan fingerprint density at radius 3 is 2.42 bits per heavy atom. The first-order valence-corrected chi connectivity index (χ1v) is 7.81. The van der Waals surface area contributed by atoms with Crippen LogP contribution in [0.1, 0.15) is 12.0 Å². The summed E-state index contributed by atoms with van der Waals surface area (Å²) in [5.41, 5.74) is -0.626. The maximum absolute atomic E-state index is 12.5. The minimum absolute atomic E-state index is 0.0211. The van der Waals surface area contributed by atoms with E-state index in [1.165, 1.54) is 6.07 Å². The van der Waals surface area contributed by atoms with Crippen LogP contribution in [0.15, 0.2) is 18.2 Å². The molecule has 0 amide bonds. The predicted octanol–water partition coefficient (Wildman–Crippen LogP) is 3.21. The summed E-state index contributed by atoms with van der Waals surface area (Å²) in [6, 6.07) is 3.13. The van der Waals surface area contributed by atoms with Crippen molar-refractivity contribution in [3.63, 3.8) is 0 Å². The number of rotatable bonds is 5. The molecule has 0 unspecified atom stereocenters. The molecule has 108 valence electrons. The second-order valence-electron chi connectivity index (χ2n) is 4.14. The van der Waals surface area contributed by atoms with E-state index in [-0.39, 0.29) is 23.0 Å². The molecule has 1 aromatic carbocycles. The summed E-state index contributed by atoms with van der Waals surface area (Å²) in [5.74, 6) is -0.0211. The quantitative estimate of drug-likeness (QED) is 0.849. The molecule has 0 atom stereocenters. The maximum atomic E-state index is 12.5. The summed E-state index contributed by atoms with van der Waals surface area (Å²) in [6.07, 6.45) is -3.05. The Morgan fingerprint density at radius 1 is 1.26 bits per heavy atom. The summed E-state index contributed by atoms with van der Waals surface area (Å²) in [7, 11) is -3.06. The van der Waals surface area contributed by atoms with Crippen molar-refractivity contribution in [1.82, 2.24) is 0 Å². The van der Waals surface area contributed by atoms with Crippen LogP contribution < -0.4 is 5.32 Å². The van der Waals surface area contributed by atoms with Crippen molar-refractivity contribution in [2.45, 2.75) is 12.6 Å². The lowest BCUT2D eigenvalue weighted by atomic mass is 10.2. The van der Waals surface area contributed by atoms with Crippen LogP contribution in [0.2, 0.25) is 5.02 Å². The van der Waals surface area contributed by atoms with Gasteiger partial charge in [-0.2, -0.15) is 13.2 Å². The molecule has 1 aromatic rings. The second-order valence-corrected chi connectivity index (χ2v) is 6.83. The van der Waals surface area contributed by atoms with E-state index in [1.807, 2.05) is 0 Å². The number of benzene rings is 1. The molecule has 0 aliphatic heterocycles. The van der Waals surface area contributed by atoms with E-state index in [0.29, 0.717) is 6.42 Å². The molecule has 0 spiro atoms. The van der Waals surface area contributed by atoms with Gasteiger partial charge in [0.2, 0.25) is 0 Å². The van der Waals surface area contributed by atoms with Gasteiger partial charge in [0.15, 0.2) is 0 Å². The highest BCUT2D eigenvalue weighted by Crippen LogP contribution is 2.33. The van der Waals surface area contributed by atoms with Gasteiger partial charge in [-0.3, -0.25) is 0 Å². The van der Waals surface area contributed by atoms with Crippen molar-refractivity contribution in [3.05, 3.63) is 28.8 Å². The van der Waals surface area contributed by atoms with Gasteiger partial charge in [0.25, 0.3) is 0 Å². The van der Waals surface area contributed by atoms with Crippen molar-refractivity contribution in [1.29, 1.82) is 0 Å². The molecule has 1 N–H and O–H groups in total. The van der Waals surface area contributed by atoms with E-state index >= 15 is 0 Å². The molecule has 0 fully saturated rings. The number of nitrogens with one attached hydrogen (secondary N) is 1. The van der Waals surface area contributed by atoms with Gasteiger partial charge >= 0.3 is 6.18 Å². The van der Waals surface area contributed by atoms with Crippen molar-refractivity contribution >= 4 is 27.1 Å². The van der Waals surface area contributed by atoms with Crippen LogP contribution in [0, 0.1) is 0 Å².